The van der Waals surface area contributed by atoms with E-state index in [0.717, 1.165) is 0 Å². The third-order valence-electron chi connectivity index (χ3n) is 3.33. The number of nitriles is 1. The molecule has 2 aromatic carbocycles. The Labute approximate surface area is 138 Å². The molecule has 6 heteroatoms. The summed E-state index contributed by atoms with van der Waals surface area (Å²) in [5.41, 5.74) is 1.74. The number of benzene rings is 2. The van der Waals surface area contributed by atoms with Gasteiger partial charge in [-0.05, 0) is 42.5 Å². The molecule has 116 valence electrons. The number of hydrogen-bond acceptors (Lipinski definition) is 5. The van der Waals surface area contributed by atoms with E-state index < -0.39 is 5.82 Å². The van der Waals surface area contributed by atoms with Crippen LogP contribution in [-0.2, 0) is 0 Å². The van der Waals surface area contributed by atoms with Crippen molar-refractivity contribution in [1.29, 1.82) is 10.7 Å². The Bertz CT molecular complexity index is 929. The van der Waals surface area contributed by atoms with E-state index in [-0.39, 0.29) is 11.3 Å². The molecule has 0 aliphatic rings. The van der Waals surface area contributed by atoms with Crippen LogP contribution < -0.4 is 5.32 Å². The monoisotopic (exact) mass is 317 g/mol. The fraction of sp³-hybridized carbons (Fsp3) is 0. The van der Waals surface area contributed by atoms with E-state index in [4.69, 9.17) is 10.7 Å². The van der Waals surface area contributed by atoms with Crippen LogP contribution in [0.3, 0.4) is 0 Å². The first-order valence-corrected chi connectivity index (χ1v) is 7.11. The highest BCUT2D eigenvalue weighted by molar-refractivity contribution is 6.09. The molecule has 0 spiro atoms. The smallest absolute Gasteiger partial charge is 0.227 e. The summed E-state index contributed by atoms with van der Waals surface area (Å²) < 4.78 is 13.8. The topological polar surface area (TPSA) is 85.5 Å². The third kappa shape index (κ3) is 3.25. The molecule has 5 nitrogen and oxygen atoms in total. The molecule has 0 atom stereocenters. The normalized spacial score (nSPS) is 10.0. The van der Waals surface area contributed by atoms with Crippen LogP contribution in [0.1, 0.15) is 16.8 Å². The van der Waals surface area contributed by atoms with Crippen molar-refractivity contribution in [3.63, 3.8) is 0 Å². The molecule has 24 heavy (non-hydrogen) atoms. The van der Waals surface area contributed by atoms with Crippen LogP contribution in [0.5, 0.6) is 0 Å². The van der Waals surface area contributed by atoms with Gasteiger partial charge in [0.1, 0.15) is 5.82 Å². The molecule has 0 unspecified atom stereocenters. The van der Waals surface area contributed by atoms with Crippen LogP contribution in [-0.4, -0.2) is 15.7 Å². The van der Waals surface area contributed by atoms with E-state index in [0.29, 0.717) is 22.9 Å². The van der Waals surface area contributed by atoms with Gasteiger partial charge in [0, 0.05) is 17.4 Å². The van der Waals surface area contributed by atoms with Crippen molar-refractivity contribution in [2.75, 3.05) is 5.32 Å². The first-order valence-electron chi connectivity index (χ1n) is 7.11. The Balaban J connectivity index is 1.85. The predicted molar refractivity (Wildman–Crippen MR) is 88.8 cm³/mol. The number of aromatic nitrogens is 2. The van der Waals surface area contributed by atoms with Crippen LogP contribution in [0.2, 0.25) is 0 Å². The number of hydrogen-bond donors (Lipinski definition) is 2. The van der Waals surface area contributed by atoms with Crippen molar-refractivity contribution < 1.29 is 4.39 Å². The molecule has 3 aromatic rings. The standard InChI is InChI=1S/C18H12FN5/c19-15-4-2-1-3-14(15)17(21)16-9-10-22-18(24-16)23-13-7-5-12(11-20)6-8-13/h1-10,21H,(H,22,23,24). The van der Waals surface area contributed by atoms with Crippen molar-refractivity contribution in [3.05, 3.63) is 83.4 Å². The third-order valence-corrected chi connectivity index (χ3v) is 3.33. The number of nitrogens with one attached hydrogen (secondary N) is 2. The minimum Gasteiger partial charge on any atom is -0.324 e. The van der Waals surface area contributed by atoms with Crippen LogP contribution in [0, 0.1) is 22.6 Å². The van der Waals surface area contributed by atoms with Crippen LogP contribution in [0.25, 0.3) is 0 Å². The van der Waals surface area contributed by atoms with Crippen LogP contribution in [0.4, 0.5) is 16.0 Å². The molecule has 0 amide bonds. The molecular weight excluding hydrogens is 305 g/mol. The zero-order valence-corrected chi connectivity index (χ0v) is 12.5. The van der Waals surface area contributed by atoms with E-state index >= 15 is 0 Å². The average molecular weight is 317 g/mol. The van der Waals surface area contributed by atoms with E-state index in [1.165, 1.54) is 18.3 Å². The van der Waals surface area contributed by atoms with Gasteiger partial charge >= 0.3 is 0 Å². The lowest BCUT2D eigenvalue weighted by Crippen LogP contribution is -2.08. The quantitative estimate of drug-likeness (QED) is 0.719. The average Bonchev–Trinajstić information content (AvgIpc) is 2.62. The van der Waals surface area contributed by atoms with Gasteiger partial charge in [0.05, 0.1) is 23.0 Å². The second kappa shape index (κ2) is 6.67. The highest BCUT2D eigenvalue weighted by Crippen LogP contribution is 2.16. The molecule has 0 fully saturated rings. The number of rotatable bonds is 4. The molecule has 2 N–H and O–H groups in total. The van der Waals surface area contributed by atoms with Gasteiger partial charge in [-0.15, -0.1) is 0 Å². The molecule has 0 saturated carbocycles. The summed E-state index contributed by atoms with van der Waals surface area (Å²) in [5, 5.41) is 19.9. The van der Waals surface area contributed by atoms with E-state index in [2.05, 4.69) is 15.3 Å². The van der Waals surface area contributed by atoms with Gasteiger partial charge in [0.25, 0.3) is 0 Å². The minimum atomic E-state index is -0.470. The Morgan fingerprint density at radius 3 is 2.54 bits per heavy atom. The maximum Gasteiger partial charge on any atom is 0.227 e. The van der Waals surface area contributed by atoms with Gasteiger partial charge in [-0.3, -0.25) is 5.41 Å². The highest BCUT2D eigenvalue weighted by Gasteiger charge is 2.11. The van der Waals surface area contributed by atoms with Gasteiger partial charge in [0.15, 0.2) is 0 Å². The Morgan fingerprint density at radius 1 is 1.08 bits per heavy atom. The number of halogens is 1. The van der Waals surface area contributed by atoms with Gasteiger partial charge in [-0.25, -0.2) is 14.4 Å². The number of anilines is 2. The van der Waals surface area contributed by atoms with Crippen molar-refractivity contribution in [2.24, 2.45) is 0 Å². The van der Waals surface area contributed by atoms with Crippen molar-refractivity contribution in [3.8, 4) is 6.07 Å². The van der Waals surface area contributed by atoms with Gasteiger partial charge in [0.2, 0.25) is 5.95 Å². The van der Waals surface area contributed by atoms with Gasteiger partial charge < -0.3 is 5.32 Å². The van der Waals surface area contributed by atoms with Gasteiger partial charge in [-0.2, -0.15) is 5.26 Å². The fourth-order valence-corrected chi connectivity index (χ4v) is 2.12. The Morgan fingerprint density at radius 2 is 1.83 bits per heavy atom. The lowest BCUT2D eigenvalue weighted by atomic mass is 10.1. The molecular formula is C18H12FN5. The zero-order chi connectivity index (χ0) is 16.9. The summed E-state index contributed by atoms with van der Waals surface area (Å²) in [5.74, 6) is -0.180. The molecule has 0 bridgehead atoms. The first kappa shape index (κ1) is 15.3. The van der Waals surface area contributed by atoms with Crippen molar-refractivity contribution >= 4 is 17.3 Å². The summed E-state index contributed by atoms with van der Waals surface area (Å²) >= 11 is 0. The lowest BCUT2D eigenvalue weighted by molar-refractivity contribution is 0.625. The zero-order valence-electron chi connectivity index (χ0n) is 12.5. The SMILES string of the molecule is N#Cc1ccc(Nc2nccc(C(=N)c3ccccc3F)n2)cc1. The summed E-state index contributed by atoms with van der Waals surface area (Å²) in [6.45, 7) is 0. The highest BCUT2D eigenvalue weighted by atomic mass is 19.1. The number of nitrogens with zero attached hydrogens (tertiary/aromatic N) is 3. The van der Waals surface area contributed by atoms with Crippen molar-refractivity contribution in [1.82, 2.24) is 9.97 Å². The maximum atomic E-state index is 13.8. The van der Waals surface area contributed by atoms with E-state index in [1.807, 2.05) is 6.07 Å². The molecule has 1 aromatic heterocycles. The molecule has 0 aliphatic heterocycles. The molecule has 3 rings (SSSR count). The summed E-state index contributed by atoms with van der Waals surface area (Å²) in [4.78, 5) is 8.35. The van der Waals surface area contributed by atoms with Gasteiger partial charge in [-0.1, -0.05) is 12.1 Å². The van der Waals surface area contributed by atoms with Crippen LogP contribution >= 0.6 is 0 Å². The fourth-order valence-electron chi connectivity index (χ4n) is 2.12. The lowest BCUT2D eigenvalue weighted by Gasteiger charge is -2.08. The summed E-state index contributed by atoms with van der Waals surface area (Å²) in [6.07, 6.45) is 1.50. The second-order valence-electron chi connectivity index (χ2n) is 4.93. The Kier molecular flexibility index (Phi) is 4.25. The van der Waals surface area contributed by atoms with Crippen LogP contribution in [0.15, 0.2) is 60.8 Å². The largest absolute Gasteiger partial charge is 0.324 e. The maximum absolute atomic E-state index is 13.8. The summed E-state index contributed by atoms with van der Waals surface area (Å²) in [7, 11) is 0. The predicted octanol–water partition coefficient (Wildman–Crippen LogP) is 3.65. The second-order valence-corrected chi connectivity index (χ2v) is 4.93. The first-order chi connectivity index (χ1) is 11.7. The Hall–Kier alpha value is -3.59. The molecule has 0 aliphatic carbocycles. The minimum absolute atomic E-state index is 0.0154. The molecule has 0 radical (unpaired) electrons. The van der Waals surface area contributed by atoms with Crippen molar-refractivity contribution in [2.45, 2.75) is 0 Å². The van der Waals surface area contributed by atoms with E-state index in [9.17, 15) is 4.39 Å². The molecule has 0 saturated heterocycles. The summed E-state index contributed by atoms with van der Waals surface area (Å²) in [6, 6.07) is 16.5. The van der Waals surface area contributed by atoms with E-state index in [1.54, 1.807) is 42.5 Å². The molecule has 1 heterocycles.